The van der Waals surface area contributed by atoms with Crippen LogP contribution in [0.1, 0.15) is 46.6 Å². The van der Waals surface area contributed by atoms with Crippen molar-refractivity contribution in [1.29, 1.82) is 0 Å². The molecule has 0 aliphatic carbocycles. The number of fused-ring (bicyclic) bond motifs is 1. The molecular formula is C25H26Cl2F2N2O2. The fraction of sp³-hybridized carbons (Fsp3) is 0.400. The summed E-state index contributed by atoms with van der Waals surface area (Å²) in [6.07, 6.45) is 0.377. The summed E-state index contributed by atoms with van der Waals surface area (Å²) in [6.45, 7) is 7.33. The molecule has 0 radical (unpaired) electrons. The highest BCUT2D eigenvalue weighted by Crippen LogP contribution is 2.36. The number of ether oxygens (including phenoxy) is 1. The topological polar surface area (TPSA) is 34.5 Å². The number of hydrogen-bond donors (Lipinski definition) is 0. The minimum atomic E-state index is -2.93. The van der Waals surface area contributed by atoms with E-state index in [9.17, 15) is 13.6 Å². The SMILES string of the molecule is CCn1c(Cc2c(Cl)ccc(C(=O)N3CCOCC3)c2Cl)cc2c(C)cc(C(C)(F)F)cc21. The van der Waals surface area contributed by atoms with E-state index >= 15 is 0 Å². The summed E-state index contributed by atoms with van der Waals surface area (Å²) in [5, 5.41) is 1.70. The van der Waals surface area contributed by atoms with Gasteiger partial charge in [-0.3, -0.25) is 4.79 Å². The first kappa shape index (κ1) is 24.0. The third-order valence-electron chi connectivity index (χ3n) is 6.21. The molecule has 0 spiro atoms. The third-order valence-corrected chi connectivity index (χ3v) is 7.00. The molecule has 0 atom stereocenters. The van der Waals surface area contributed by atoms with Crippen LogP contribution in [0.25, 0.3) is 10.9 Å². The van der Waals surface area contributed by atoms with Gasteiger partial charge in [0.1, 0.15) is 0 Å². The summed E-state index contributed by atoms with van der Waals surface area (Å²) < 4.78 is 35.4. The molecule has 2 heterocycles. The summed E-state index contributed by atoms with van der Waals surface area (Å²) >= 11 is 13.2. The Labute approximate surface area is 202 Å². The van der Waals surface area contributed by atoms with E-state index in [1.165, 1.54) is 6.07 Å². The minimum absolute atomic E-state index is 0.0129. The van der Waals surface area contributed by atoms with E-state index < -0.39 is 5.92 Å². The number of benzene rings is 2. The first-order chi connectivity index (χ1) is 15.6. The third kappa shape index (κ3) is 4.61. The van der Waals surface area contributed by atoms with Crippen molar-refractivity contribution in [1.82, 2.24) is 9.47 Å². The smallest absolute Gasteiger partial charge is 0.270 e. The second kappa shape index (κ2) is 9.24. The number of carbonyl (C=O) groups excluding carboxylic acids is 1. The lowest BCUT2D eigenvalue weighted by Crippen LogP contribution is -2.40. The van der Waals surface area contributed by atoms with Gasteiger partial charge in [-0.25, -0.2) is 8.78 Å². The molecule has 1 amide bonds. The van der Waals surface area contributed by atoms with Crippen LogP contribution < -0.4 is 0 Å². The van der Waals surface area contributed by atoms with Crippen molar-refractivity contribution in [2.75, 3.05) is 26.3 Å². The van der Waals surface area contributed by atoms with Gasteiger partial charge in [0.05, 0.1) is 23.8 Å². The zero-order chi connectivity index (χ0) is 23.9. The normalized spacial score (nSPS) is 14.8. The Kier molecular flexibility index (Phi) is 6.72. The summed E-state index contributed by atoms with van der Waals surface area (Å²) in [6, 6.07) is 8.43. The van der Waals surface area contributed by atoms with E-state index in [1.807, 2.05) is 24.5 Å². The fourth-order valence-corrected chi connectivity index (χ4v) is 4.99. The number of hydrogen-bond acceptors (Lipinski definition) is 2. The average molecular weight is 495 g/mol. The molecule has 1 aromatic heterocycles. The molecule has 1 aliphatic heterocycles. The van der Waals surface area contributed by atoms with Gasteiger partial charge in [0.25, 0.3) is 11.8 Å². The van der Waals surface area contributed by atoms with E-state index in [2.05, 4.69) is 0 Å². The second-order valence-electron chi connectivity index (χ2n) is 8.46. The maximum absolute atomic E-state index is 14.0. The molecule has 3 aromatic rings. The van der Waals surface area contributed by atoms with Crippen molar-refractivity contribution in [2.45, 2.75) is 39.7 Å². The van der Waals surface area contributed by atoms with Gasteiger partial charge in [0, 0.05) is 60.2 Å². The number of nitrogens with zero attached hydrogens (tertiary/aromatic N) is 2. The monoisotopic (exact) mass is 494 g/mol. The van der Waals surface area contributed by atoms with Crippen molar-refractivity contribution in [2.24, 2.45) is 0 Å². The van der Waals surface area contributed by atoms with Gasteiger partial charge in [-0.1, -0.05) is 23.2 Å². The quantitative estimate of drug-likeness (QED) is 0.408. The molecule has 8 heteroatoms. The van der Waals surface area contributed by atoms with Crippen molar-refractivity contribution in [3.8, 4) is 0 Å². The Hall–Kier alpha value is -2.15. The highest BCUT2D eigenvalue weighted by molar-refractivity contribution is 6.38. The molecule has 2 aromatic carbocycles. The van der Waals surface area contributed by atoms with Gasteiger partial charge in [-0.2, -0.15) is 0 Å². The summed E-state index contributed by atoms with van der Waals surface area (Å²) in [4.78, 5) is 14.8. The standard InChI is InChI=1S/C25H26Cl2F2N2O2/c1-4-31-17(13-19-15(2)11-16(12-22(19)31)25(3,28)29)14-20-21(26)6-5-18(23(20)27)24(32)30-7-9-33-10-8-30/h5-6,11-13H,4,7-10,14H2,1-3H3. The zero-order valence-electron chi connectivity index (χ0n) is 18.9. The first-order valence-corrected chi connectivity index (χ1v) is 11.7. The van der Waals surface area contributed by atoms with Gasteiger partial charge in [-0.15, -0.1) is 0 Å². The molecule has 4 nitrogen and oxygen atoms in total. The van der Waals surface area contributed by atoms with Gasteiger partial charge >= 0.3 is 0 Å². The van der Waals surface area contributed by atoms with E-state index in [-0.39, 0.29) is 11.5 Å². The predicted octanol–water partition coefficient (Wildman–Crippen LogP) is 6.45. The largest absolute Gasteiger partial charge is 0.378 e. The summed E-state index contributed by atoms with van der Waals surface area (Å²) in [7, 11) is 0. The van der Waals surface area contributed by atoms with Gasteiger partial charge < -0.3 is 14.2 Å². The van der Waals surface area contributed by atoms with Crippen LogP contribution in [0.2, 0.25) is 10.0 Å². The van der Waals surface area contributed by atoms with Crippen molar-refractivity contribution >= 4 is 40.0 Å². The number of rotatable bonds is 5. The average Bonchev–Trinajstić information content (AvgIpc) is 3.14. The molecular weight excluding hydrogens is 469 g/mol. The number of halogens is 4. The lowest BCUT2D eigenvalue weighted by Gasteiger charge is -2.27. The van der Waals surface area contributed by atoms with Crippen molar-refractivity contribution in [3.63, 3.8) is 0 Å². The highest BCUT2D eigenvalue weighted by Gasteiger charge is 2.27. The van der Waals surface area contributed by atoms with Crippen LogP contribution in [0.4, 0.5) is 8.78 Å². The molecule has 33 heavy (non-hydrogen) atoms. The Balaban J connectivity index is 1.76. The van der Waals surface area contributed by atoms with E-state index in [1.54, 1.807) is 23.1 Å². The van der Waals surface area contributed by atoms with Crippen LogP contribution in [-0.2, 0) is 23.6 Å². The molecule has 0 unspecified atom stereocenters. The van der Waals surface area contributed by atoms with Gasteiger partial charge in [0.15, 0.2) is 0 Å². The Morgan fingerprint density at radius 3 is 2.48 bits per heavy atom. The molecule has 0 N–H and O–H groups in total. The molecule has 0 saturated carbocycles. The number of aromatic nitrogens is 1. The van der Waals surface area contributed by atoms with Crippen molar-refractivity contribution in [3.05, 3.63) is 68.3 Å². The molecule has 176 valence electrons. The van der Waals surface area contributed by atoms with Crippen LogP contribution in [0.5, 0.6) is 0 Å². The van der Waals surface area contributed by atoms with Crippen molar-refractivity contribution < 1.29 is 18.3 Å². The van der Waals surface area contributed by atoms with Crippen LogP contribution in [0.3, 0.4) is 0 Å². The number of aryl methyl sites for hydroxylation is 2. The zero-order valence-corrected chi connectivity index (χ0v) is 20.4. The van der Waals surface area contributed by atoms with Crippen LogP contribution >= 0.6 is 23.2 Å². The van der Waals surface area contributed by atoms with E-state index in [0.717, 1.165) is 29.1 Å². The second-order valence-corrected chi connectivity index (χ2v) is 9.25. The first-order valence-electron chi connectivity index (χ1n) is 11.0. The molecule has 1 saturated heterocycles. The Morgan fingerprint density at radius 2 is 1.85 bits per heavy atom. The fourth-order valence-electron chi connectivity index (χ4n) is 4.41. The Bertz CT molecular complexity index is 1210. The Morgan fingerprint density at radius 1 is 1.15 bits per heavy atom. The van der Waals surface area contributed by atoms with Crippen LogP contribution in [0.15, 0.2) is 30.3 Å². The summed E-state index contributed by atoms with van der Waals surface area (Å²) in [5.74, 6) is -3.08. The predicted molar refractivity (Wildman–Crippen MR) is 128 cm³/mol. The number of alkyl halides is 2. The van der Waals surface area contributed by atoms with Gasteiger partial charge in [0.2, 0.25) is 0 Å². The maximum Gasteiger partial charge on any atom is 0.270 e. The summed E-state index contributed by atoms with van der Waals surface area (Å²) in [5.41, 5.74) is 3.46. The maximum atomic E-state index is 14.0. The van der Waals surface area contributed by atoms with Crippen LogP contribution in [0, 0.1) is 6.92 Å². The van der Waals surface area contributed by atoms with Crippen LogP contribution in [-0.4, -0.2) is 41.7 Å². The highest BCUT2D eigenvalue weighted by atomic mass is 35.5. The lowest BCUT2D eigenvalue weighted by molar-refractivity contribution is 0.0175. The molecule has 4 rings (SSSR count). The van der Waals surface area contributed by atoms with E-state index in [4.69, 9.17) is 27.9 Å². The number of amides is 1. The molecule has 1 aliphatic rings. The minimum Gasteiger partial charge on any atom is -0.378 e. The number of carbonyl (C=O) groups is 1. The lowest BCUT2D eigenvalue weighted by atomic mass is 10.0. The number of morpholine rings is 1. The van der Waals surface area contributed by atoms with Gasteiger partial charge in [-0.05, 0) is 55.3 Å². The molecule has 1 fully saturated rings. The molecule has 0 bridgehead atoms. The van der Waals surface area contributed by atoms with E-state index in [0.29, 0.717) is 60.4 Å².